The van der Waals surface area contributed by atoms with Gasteiger partial charge >= 0.3 is 5.97 Å². The molecule has 2 nitrogen and oxygen atoms in total. The summed E-state index contributed by atoms with van der Waals surface area (Å²) >= 11 is 0. The normalized spacial score (nSPS) is 29.7. The van der Waals surface area contributed by atoms with Crippen LogP contribution in [0.4, 0.5) is 0 Å². The Morgan fingerprint density at radius 1 is 1.15 bits per heavy atom. The molecule has 1 aromatic carbocycles. The molecule has 3 aliphatic carbocycles. The predicted molar refractivity (Wildman–Crippen MR) is 104 cm³/mol. The lowest BCUT2D eigenvalue weighted by atomic mass is 9.61. The van der Waals surface area contributed by atoms with Crippen molar-refractivity contribution in [2.75, 3.05) is 0 Å². The van der Waals surface area contributed by atoms with Crippen LogP contribution in [0.2, 0.25) is 0 Å². The predicted octanol–water partition coefficient (Wildman–Crippen LogP) is 5.02. The van der Waals surface area contributed by atoms with E-state index in [1.165, 1.54) is 35.1 Å². The fraction of sp³-hybridized carbons (Fsp3) is 0.542. The molecule has 0 saturated heterocycles. The van der Waals surface area contributed by atoms with E-state index in [-0.39, 0.29) is 16.2 Å². The lowest BCUT2D eigenvalue weighted by Crippen LogP contribution is -2.35. The van der Waals surface area contributed by atoms with E-state index in [9.17, 15) is 4.79 Å². The van der Waals surface area contributed by atoms with Gasteiger partial charge in [0.05, 0.1) is 0 Å². The zero-order chi connectivity index (χ0) is 18.9. The van der Waals surface area contributed by atoms with Gasteiger partial charge in [0, 0.05) is 16.9 Å². The molecule has 1 aromatic rings. The van der Waals surface area contributed by atoms with Crippen LogP contribution in [0.1, 0.15) is 75.6 Å². The molecule has 0 heterocycles. The highest BCUT2D eigenvalue weighted by atomic mass is 16.4. The summed E-state index contributed by atoms with van der Waals surface area (Å²) < 4.78 is 0. The summed E-state index contributed by atoms with van der Waals surface area (Å²) in [6.45, 7) is 11.7. The van der Waals surface area contributed by atoms with Crippen molar-refractivity contribution in [3.8, 4) is 11.8 Å². The van der Waals surface area contributed by atoms with Crippen molar-refractivity contribution >= 4 is 5.97 Å². The summed E-state index contributed by atoms with van der Waals surface area (Å²) in [5, 5.41) is 8.96. The van der Waals surface area contributed by atoms with Crippen molar-refractivity contribution in [3.63, 3.8) is 0 Å². The first-order valence-corrected chi connectivity index (χ1v) is 9.70. The van der Waals surface area contributed by atoms with Crippen molar-refractivity contribution in [1.29, 1.82) is 0 Å². The Labute approximate surface area is 156 Å². The molecule has 2 unspecified atom stereocenters. The molecular weight excluding hydrogens is 320 g/mol. The Morgan fingerprint density at radius 2 is 1.85 bits per heavy atom. The van der Waals surface area contributed by atoms with Crippen LogP contribution in [-0.2, 0) is 21.0 Å². The van der Waals surface area contributed by atoms with Crippen LogP contribution in [-0.4, -0.2) is 11.1 Å². The van der Waals surface area contributed by atoms with Gasteiger partial charge in [0.1, 0.15) is 0 Å². The van der Waals surface area contributed by atoms with Gasteiger partial charge in [-0.05, 0) is 71.6 Å². The quantitative estimate of drug-likeness (QED) is 0.724. The average Bonchev–Trinajstić information content (AvgIpc) is 3.17. The highest BCUT2D eigenvalue weighted by Gasteiger charge is 2.60. The number of hydrogen-bond donors (Lipinski definition) is 1. The standard InChI is InChI=1S/C24H28O2/c1-15-12-18(13-19-21(15)23(4,5)11-10-22(19,2)3)24-14-17(24)7-6-16(24)8-9-20(25)26/h6,12-13,17H,7,10-11,14H2,1-5H3,(H,25,26). The Kier molecular flexibility index (Phi) is 3.52. The first-order chi connectivity index (χ1) is 12.1. The smallest absolute Gasteiger partial charge is 0.382 e. The summed E-state index contributed by atoms with van der Waals surface area (Å²) in [4.78, 5) is 10.9. The fourth-order valence-corrected chi connectivity index (χ4v) is 5.54. The maximum absolute atomic E-state index is 10.9. The Hall–Kier alpha value is -2.01. The SMILES string of the molecule is Cc1cc(C23CC2CC=C3C#CC(=O)O)cc2c1C(C)(C)CCC2(C)C. The monoisotopic (exact) mass is 348 g/mol. The van der Waals surface area contributed by atoms with Gasteiger partial charge < -0.3 is 5.11 Å². The van der Waals surface area contributed by atoms with E-state index in [0.717, 1.165) is 18.4 Å². The van der Waals surface area contributed by atoms with Gasteiger partial charge in [0.2, 0.25) is 0 Å². The van der Waals surface area contributed by atoms with Crippen molar-refractivity contribution in [1.82, 2.24) is 0 Å². The van der Waals surface area contributed by atoms with E-state index in [1.807, 2.05) is 0 Å². The molecule has 136 valence electrons. The molecule has 26 heavy (non-hydrogen) atoms. The highest BCUT2D eigenvalue weighted by Crippen LogP contribution is 2.65. The van der Waals surface area contributed by atoms with Gasteiger partial charge in [0.25, 0.3) is 0 Å². The van der Waals surface area contributed by atoms with Crippen LogP contribution in [0.5, 0.6) is 0 Å². The Bertz CT molecular complexity index is 904. The second-order valence-corrected chi connectivity index (χ2v) is 9.76. The third-order valence-electron chi connectivity index (χ3n) is 7.13. The zero-order valence-electron chi connectivity index (χ0n) is 16.5. The van der Waals surface area contributed by atoms with Crippen molar-refractivity contribution in [2.45, 2.75) is 76.5 Å². The number of benzene rings is 1. The van der Waals surface area contributed by atoms with Gasteiger partial charge in [-0.2, -0.15) is 0 Å². The molecule has 0 amide bonds. The van der Waals surface area contributed by atoms with Crippen LogP contribution in [0.15, 0.2) is 23.8 Å². The minimum atomic E-state index is -1.05. The number of allylic oxidation sites excluding steroid dienone is 2. The Balaban J connectivity index is 1.86. The number of carbonyl (C=O) groups is 1. The molecule has 2 atom stereocenters. The van der Waals surface area contributed by atoms with E-state index in [2.05, 4.69) is 64.7 Å². The molecule has 0 aliphatic heterocycles. The number of rotatable bonds is 1. The molecule has 4 rings (SSSR count). The molecular formula is C24H28O2. The molecule has 0 spiro atoms. The minimum absolute atomic E-state index is 0.0279. The first-order valence-electron chi connectivity index (χ1n) is 9.70. The minimum Gasteiger partial charge on any atom is -0.472 e. The summed E-state index contributed by atoms with van der Waals surface area (Å²) in [6.07, 6.45) is 6.71. The lowest BCUT2D eigenvalue weighted by molar-refractivity contribution is -0.130. The summed E-state index contributed by atoms with van der Waals surface area (Å²) in [5.41, 5.74) is 7.14. The molecule has 1 fully saturated rings. The molecule has 3 aliphatic rings. The summed E-state index contributed by atoms with van der Waals surface area (Å²) in [7, 11) is 0. The van der Waals surface area contributed by atoms with E-state index in [1.54, 1.807) is 0 Å². The van der Waals surface area contributed by atoms with Crippen LogP contribution in [0.25, 0.3) is 0 Å². The molecule has 0 aromatic heterocycles. The zero-order valence-corrected chi connectivity index (χ0v) is 16.5. The number of aryl methyl sites for hydroxylation is 1. The molecule has 2 heteroatoms. The molecule has 0 bridgehead atoms. The van der Waals surface area contributed by atoms with E-state index in [0.29, 0.717) is 5.92 Å². The van der Waals surface area contributed by atoms with Gasteiger partial charge in [-0.15, -0.1) is 0 Å². The number of carboxylic acid groups (broad SMARTS) is 1. The second-order valence-electron chi connectivity index (χ2n) is 9.76. The van der Waals surface area contributed by atoms with Gasteiger partial charge in [-0.3, -0.25) is 0 Å². The maximum Gasteiger partial charge on any atom is 0.382 e. The second kappa shape index (κ2) is 5.26. The number of hydrogen-bond acceptors (Lipinski definition) is 1. The van der Waals surface area contributed by atoms with E-state index >= 15 is 0 Å². The largest absolute Gasteiger partial charge is 0.472 e. The molecule has 1 N–H and O–H groups in total. The summed E-state index contributed by atoms with van der Waals surface area (Å²) in [5.74, 6) is 4.85. The van der Waals surface area contributed by atoms with Crippen molar-refractivity contribution in [2.24, 2.45) is 5.92 Å². The number of aliphatic carboxylic acids is 1. The number of fused-ring (bicyclic) bond motifs is 2. The highest BCUT2D eigenvalue weighted by molar-refractivity contribution is 5.87. The topological polar surface area (TPSA) is 37.3 Å². The average molecular weight is 348 g/mol. The molecule has 0 radical (unpaired) electrons. The first kappa shape index (κ1) is 17.4. The van der Waals surface area contributed by atoms with E-state index in [4.69, 9.17) is 5.11 Å². The van der Waals surface area contributed by atoms with Gasteiger partial charge in [-0.25, -0.2) is 4.79 Å². The summed E-state index contributed by atoms with van der Waals surface area (Å²) in [6, 6.07) is 4.80. The maximum atomic E-state index is 10.9. The van der Waals surface area contributed by atoms with Crippen LogP contribution in [0, 0.1) is 24.7 Å². The molecule has 1 saturated carbocycles. The lowest BCUT2D eigenvalue weighted by Gasteiger charge is -2.43. The third-order valence-corrected chi connectivity index (χ3v) is 7.13. The van der Waals surface area contributed by atoms with Crippen molar-refractivity contribution < 1.29 is 9.90 Å². The van der Waals surface area contributed by atoms with Crippen molar-refractivity contribution in [3.05, 3.63) is 46.0 Å². The number of carboxylic acids is 1. The van der Waals surface area contributed by atoms with Gasteiger partial charge in [-0.1, -0.05) is 51.8 Å². The van der Waals surface area contributed by atoms with Crippen LogP contribution < -0.4 is 0 Å². The van der Waals surface area contributed by atoms with Crippen LogP contribution in [0.3, 0.4) is 0 Å². The Morgan fingerprint density at radius 3 is 2.50 bits per heavy atom. The van der Waals surface area contributed by atoms with E-state index < -0.39 is 5.97 Å². The van der Waals surface area contributed by atoms with Crippen LogP contribution >= 0.6 is 0 Å². The third kappa shape index (κ3) is 2.37. The fourth-order valence-electron chi connectivity index (χ4n) is 5.54. The van der Waals surface area contributed by atoms with Gasteiger partial charge in [0.15, 0.2) is 0 Å².